The molecule has 1 unspecified atom stereocenters. The summed E-state index contributed by atoms with van der Waals surface area (Å²) in [5, 5.41) is 1.20. The summed E-state index contributed by atoms with van der Waals surface area (Å²) in [5.41, 5.74) is 1.71. The minimum absolute atomic E-state index is 0.0475. The third-order valence-corrected chi connectivity index (χ3v) is 6.93. The molecule has 0 spiro atoms. The lowest BCUT2D eigenvalue weighted by atomic mass is 10.1. The molecule has 2 fully saturated rings. The highest BCUT2D eigenvalue weighted by Crippen LogP contribution is 2.33. The van der Waals surface area contributed by atoms with Crippen molar-refractivity contribution in [2.45, 2.75) is 31.8 Å². The summed E-state index contributed by atoms with van der Waals surface area (Å²) in [4.78, 5) is 45.0. The minimum Gasteiger partial charge on any atom is -0.376 e. The van der Waals surface area contributed by atoms with Crippen LogP contribution in [-0.2, 0) is 14.3 Å². The van der Waals surface area contributed by atoms with Crippen LogP contribution in [0.3, 0.4) is 0 Å². The fraction of sp³-hybridized carbons (Fsp3) is 0.304. The number of amides is 3. The molecule has 2 aliphatic heterocycles. The maximum Gasteiger partial charge on any atom is 0.260 e. The molecule has 164 valence electrons. The van der Waals surface area contributed by atoms with Crippen molar-refractivity contribution in [3.05, 3.63) is 53.1 Å². The monoisotopic (exact) mass is 469 g/mol. The smallest absolute Gasteiger partial charge is 0.260 e. The number of rotatable bonds is 5. The molecule has 0 radical (unpaired) electrons. The van der Waals surface area contributed by atoms with Crippen LogP contribution in [0.1, 0.15) is 36.0 Å². The van der Waals surface area contributed by atoms with Gasteiger partial charge in [-0.05, 0) is 55.3 Å². The average Bonchev–Trinajstić information content (AvgIpc) is 3.52. The van der Waals surface area contributed by atoms with Crippen LogP contribution in [0.15, 0.2) is 42.5 Å². The quantitative estimate of drug-likeness (QED) is 0.516. The lowest BCUT2D eigenvalue weighted by Gasteiger charge is -2.23. The van der Waals surface area contributed by atoms with Gasteiger partial charge in [0.1, 0.15) is 0 Å². The highest BCUT2D eigenvalue weighted by Gasteiger charge is 2.31. The minimum atomic E-state index is -0.220. The number of carbonyl (C=O) groups excluding carboxylic acids is 3. The van der Waals surface area contributed by atoms with Gasteiger partial charge in [-0.3, -0.25) is 24.2 Å². The molecule has 5 rings (SSSR count). The lowest BCUT2D eigenvalue weighted by Crippen LogP contribution is -2.37. The molecule has 7 nitrogen and oxygen atoms in total. The molecule has 0 saturated carbocycles. The first-order valence-electron chi connectivity index (χ1n) is 10.4. The zero-order valence-corrected chi connectivity index (χ0v) is 18.7. The molecule has 0 aliphatic carbocycles. The first-order valence-corrected chi connectivity index (χ1v) is 11.6. The van der Waals surface area contributed by atoms with Crippen molar-refractivity contribution in [3.63, 3.8) is 0 Å². The molecule has 3 amide bonds. The normalized spacial score (nSPS) is 18.7. The Hall–Kier alpha value is -2.81. The van der Waals surface area contributed by atoms with Crippen LogP contribution in [0.25, 0.3) is 10.2 Å². The predicted octanol–water partition coefficient (Wildman–Crippen LogP) is 4.43. The number of ether oxygens (including phenoxy) is 1. The second-order valence-electron chi connectivity index (χ2n) is 7.83. The van der Waals surface area contributed by atoms with Crippen LogP contribution < -0.4 is 9.80 Å². The first kappa shape index (κ1) is 21.1. The van der Waals surface area contributed by atoms with Gasteiger partial charge in [-0.25, -0.2) is 4.98 Å². The van der Waals surface area contributed by atoms with Crippen LogP contribution in [0, 0.1) is 0 Å². The van der Waals surface area contributed by atoms with Gasteiger partial charge < -0.3 is 4.74 Å². The van der Waals surface area contributed by atoms with E-state index in [9.17, 15) is 14.4 Å². The second kappa shape index (κ2) is 8.61. The van der Waals surface area contributed by atoms with Crippen molar-refractivity contribution in [3.8, 4) is 0 Å². The number of hydrogen-bond acceptors (Lipinski definition) is 6. The van der Waals surface area contributed by atoms with Gasteiger partial charge in [0.15, 0.2) is 5.13 Å². The van der Waals surface area contributed by atoms with Gasteiger partial charge in [0.25, 0.3) is 5.91 Å². The molecule has 1 aromatic heterocycles. The standard InChI is InChI=1S/C23H20ClN3O4S/c24-15-5-8-18-19(12-15)32-23(25-18)26(13-17-2-1-11-31-17)22(30)14-3-6-16(7-4-14)27-20(28)9-10-21(27)29/h3-8,12,17H,1-2,9-11,13H2. The van der Waals surface area contributed by atoms with E-state index in [1.54, 1.807) is 35.2 Å². The van der Waals surface area contributed by atoms with E-state index in [-0.39, 0.29) is 36.7 Å². The zero-order chi connectivity index (χ0) is 22.2. The van der Waals surface area contributed by atoms with Crippen molar-refractivity contribution in [1.29, 1.82) is 0 Å². The van der Waals surface area contributed by atoms with Crippen molar-refractivity contribution < 1.29 is 19.1 Å². The van der Waals surface area contributed by atoms with Gasteiger partial charge in [0.2, 0.25) is 11.8 Å². The molecule has 32 heavy (non-hydrogen) atoms. The summed E-state index contributed by atoms with van der Waals surface area (Å²) in [7, 11) is 0. The Bertz CT molecular complexity index is 1190. The van der Waals surface area contributed by atoms with E-state index in [2.05, 4.69) is 4.98 Å². The first-order chi connectivity index (χ1) is 15.5. The van der Waals surface area contributed by atoms with Gasteiger partial charge >= 0.3 is 0 Å². The van der Waals surface area contributed by atoms with Crippen molar-refractivity contribution >= 4 is 61.7 Å². The number of carbonyl (C=O) groups is 3. The number of nitrogens with zero attached hydrogens (tertiary/aromatic N) is 3. The summed E-state index contributed by atoms with van der Waals surface area (Å²) >= 11 is 7.53. The molecular formula is C23H20ClN3O4S. The fourth-order valence-electron chi connectivity index (χ4n) is 4.02. The van der Waals surface area contributed by atoms with Gasteiger partial charge in [0.05, 0.1) is 28.6 Å². The molecular weight excluding hydrogens is 450 g/mol. The molecule has 0 N–H and O–H groups in total. The van der Waals surface area contributed by atoms with Crippen LogP contribution in [-0.4, -0.2) is 42.0 Å². The Kier molecular flexibility index (Phi) is 5.67. The lowest BCUT2D eigenvalue weighted by molar-refractivity contribution is -0.121. The van der Waals surface area contributed by atoms with E-state index in [0.29, 0.717) is 34.6 Å². The topological polar surface area (TPSA) is 79.8 Å². The Labute approximate surface area is 193 Å². The average molecular weight is 470 g/mol. The van der Waals surface area contributed by atoms with Crippen molar-refractivity contribution in [2.24, 2.45) is 0 Å². The highest BCUT2D eigenvalue weighted by molar-refractivity contribution is 7.22. The van der Waals surface area contributed by atoms with Gasteiger partial charge in [-0.2, -0.15) is 0 Å². The number of hydrogen-bond donors (Lipinski definition) is 0. The fourth-order valence-corrected chi connectivity index (χ4v) is 5.26. The SMILES string of the molecule is O=C(c1ccc(N2C(=O)CCC2=O)cc1)N(CC1CCCO1)c1nc2ccc(Cl)cc2s1. The Morgan fingerprint density at radius 2 is 1.91 bits per heavy atom. The zero-order valence-electron chi connectivity index (χ0n) is 17.1. The number of thiazole rings is 1. The summed E-state index contributed by atoms with van der Waals surface area (Å²) < 4.78 is 6.68. The third-order valence-electron chi connectivity index (χ3n) is 5.65. The Balaban J connectivity index is 1.45. The second-order valence-corrected chi connectivity index (χ2v) is 9.27. The van der Waals surface area contributed by atoms with Crippen LogP contribution in [0.4, 0.5) is 10.8 Å². The summed E-state index contributed by atoms with van der Waals surface area (Å²) in [5.74, 6) is -0.652. The number of benzene rings is 2. The van der Waals surface area contributed by atoms with E-state index in [0.717, 1.165) is 23.1 Å². The number of aromatic nitrogens is 1. The van der Waals surface area contributed by atoms with Crippen molar-refractivity contribution in [2.75, 3.05) is 23.0 Å². The maximum absolute atomic E-state index is 13.5. The third kappa shape index (κ3) is 4.01. The van der Waals surface area contributed by atoms with E-state index < -0.39 is 0 Å². The predicted molar refractivity (Wildman–Crippen MR) is 123 cm³/mol. The van der Waals surface area contributed by atoms with Gasteiger partial charge in [-0.15, -0.1) is 0 Å². The highest BCUT2D eigenvalue weighted by atomic mass is 35.5. The summed E-state index contributed by atoms with van der Waals surface area (Å²) in [6, 6.07) is 12.0. The molecule has 3 heterocycles. The van der Waals surface area contributed by atoms with Crippen LogP contribution >= 0.6 is 22.9 Å². The van der Waals surface area contributed by atoms with E-state index in [4.69, 9.17) is 16.3 Å². The number of imide groups is 1. The van der Waals surface area contributed by atoms with E-state index in [1.807, 2.05) is 12.1 Å². The van der Waals surface area contributed by atoms with Crippen LogP contribution in [0.2, 0.25) is 5.02 Å². The Morgan fingerprint density at radius 3 is 2.59 bits per heavy atom. The summed E-state index contributed by atoms with van der Waals surface area (Å²) in [6.07, 6.45) is 2.24. The molecule has 9 heteroatoms. The van der Waals surface area contributed by atoms with Gasteiger partial charge in [0, 0.05) is 30.0 Å². The summed E-state index contributed by atoms with van der Waals surface area (Å²) in [6.45, 7) is 1.09. The molecule has 2 aromatic carbocycles. The molecule has 0 bridgehead atoms. The number of anilines is 2. The Morgan fingerprint density at radius 1 is 1.16 bits per heavy atom. The van der Waals surface area contributed by atoms with Crippen molar-refractivity contribution in [1.82, 2.24) is 4.98 Å². The van der Waals surface area contributed by atoms with E-state index >= 15 is 0 Å². The van der Waals surface area contributed by atoms with E-state index in [1.165, 1.54) is 16.2 Å². The largest absolute Gasteiger partial charge is 0.376 e. The molecule has 2 saturated heterocycles. The maximum atomic E-state index is 13.5. The number of fused-ring (bicyclic) bond motifs is 1. The molecule has 3 aromatic rings. The molecule has 1 atom stereocenters. The van der Waals surface area contributed by atoms with Gasteiger partial charge in [-0.1, -0.05) is 22.9 Å². The molecule has 2 aliphatic rings. The number of halogens is 1. The van der Waals surface area contributed by atoms with Crippen LogP contribution in [0.5, 0.6) is 0 Å².